The van der Waals surface area contributed by atoms with Gasteiger partial charge in [0.2, 0.25) is 0 Å². The third-order valence-electron chi connectivity index (χ3n) is 14.7. The Balaban J connectivity index is -0.000000544. The molecule has 100 heavy (non-hydrogen) atoms. The number of hydrogen-bond donors (Lipinski definition) is 0. The minimum atomic E-state index is 1.06. The second-order valence-corrected chi connectivity index (χ2v) is 18.6. The molecular weight excluding hydrogens is 1200 g/mol. The van der Waals surface area contributed by atoms with Crippen molar-refractivity contribution in [1.82, 2.24) is 0 Å². The molecule has 4 aliphatic carbocycles. The highest BCUT2D eigenvalue weighted by atomic mass is 14.3. The molecule has 544 valence electrons. The second kappa shape index (κ2) is 62.9. The van der Waals surface area contributed by atoms with E-state index in [0.717, 1.165) is 25.7 Å². The summed E-state index contributed by atoms with van der Waals surface area (Å²) < 4.78 is 0. The van der Waals surface area contributed by atoms with Gasteiger partial charge in [-0.2, -0.15) is 0 Å². The Bertz CT molecular complexity index is 3670. The molecule has 0 saturated heterocycles. The molecule has 0 aromatic heterocycles. The van der Waals surface area contributed by atoms with Crippen LogP contribution in [0.3, 0.4) is 0 Å². The lowest BCUT2D eigenvalue weighted by Crippen LogP contribution is -1.83. The van der Waals surface area contributed by atoms with Crippen LogP contribution < -0.4 is 0 Å². The van der Waals surface area contributed by atoms with Crippen molar-refractivity contribution in [3.05, 3.63) is 287 Å². The van der Waals surface area contributed by atoms with Crippen LogP contribution in [0, 0.1) is 0 Å². The molecule has 4 aliphatic rings. The van der Waals surface area contributed by atoms with Crippen LogP contribution >= 0.6 is 0 Å². The van der Waals surface area contributed by atoms with E-state index < -0.39 is 0 Å². The summed E-state index contributed by atoms with van der Waals surface area (Å²) in [5, 5.41) is 10.9. The van der Waals surface area contributed by atoms with Crippen molar-refractivity contribution in [2.45, 2.75) is 247 Å². The zero-order chi connectivity index (χ0) is 77.0. The van der Waals surface area contributed by atoms with Crippen molar-refractivity contribution in [3.8, 4) is 44.5 Å². The van der Waals surface area contributed by atoms with Crippen molar-refractivity contribution < 1.29 is 0 Å². The van der Waals surface area contributed by atoms with Crippen LogP contribution in [0.25, 0.3) is 87.6 Å². The van der Waals surface area contributed by atoms with Gasteiger partial charge in [0.1, 0.15) is 0 Å². The fraction of sp³-hybridized carbons (Fsp3) is 0.360. The van der Waals surface area contributed by atoms with Gasteiger partial charge in [-0.05, 0) is 158 Å². The van der Waals surface area contributed by atoms with Crippen LogP contribution in [0.5, 0.6) is 0 Å². The van der Waals surface area contributed by atoms with Gasteiger partial charge in [0.15, 0.2) is 0 Å². The van der Waals surface area contributed by atoms with E-state index in [1.165, 1.54) is 132 Å². The number of rotatable bonds is 0. The average molecular weight is 1350 g/mol. The molecule has 0 nitrogen and oxygen atoms in total. The Morgan fingerprint density at radius 2 is 0.290 bits per heavy atom. The van der Waals surface area contributed by atoms with E-state index >= 15 is 0 Å². The molecule has 0 atom stereocenters. The highest BCUT2D eigenvalue weighted by Gasteiger charge is 2.24. The molecule has 0 aliphatic heterocycles. The number of hydrogen-bond acceptors (Lipinski definition) is 0. The summed E-state index contributed by atoms with van der Waals surface area (Å²) in [5.74, 6) is 0. The highest BCUT2D eigenvalue weighted by Crippen LogP contribution is 2.46. The van der Waals surface area contributed by atoms with Gasteiger partial charge in [-0.3, -0.25) is 0 Å². The predicted molar refractivity (Wildman–Crippen MR) is 470 cm³/mol. The van der Waals surface area contributed by atoms with Gasteiger partial charge in [-0.1, -0.05) is 464 Å². The topological polar surface area (TPSA) is 0 Å². The maximum Gasteiger partial charge on any atom is -0.00130 e. The summed E-state index contributed by atoms with van der Waals surface area (Å²) in [4.78, 5) is 0. The first-order valence-corrected chi connectivity index (χ1v) is 40.1. The minimum absolute atomic E-state index is 1.06. The van der Waals surface area contributed by atoms with E-state index in [0.29, 0.717) is 0 Å². The van der Waals surface area contributed by atoms with Crippen molar-refractivity contribution in [1.29, 1.82) is 0 Å². The smallest absolute Gasteiger partial charge is 0.00130 e. The van der Waals surface area contributed by atoms with E-state index in [1.807, 2.05) is 222 Å². The maximum atomic E-state index is 2.30. The van der Waals surface area contributed by atoms with Crippen LogP contribution in [0.15, 0.2) is 243 Å². The molecule has 0 fully saturated rings. The molecule has 0 radical (unpaired) electrons. The first-order valence-electron chi connectivity index (χ1n) is 40.1. The van der Waals surface area contributed by atoms with E-state index in [1.54, 1.807) is 0 Å². The standard InChI is InChI=1S/C21H14.2C17H12.C13H10.16C2H6/c1-3-7-18-14(5-1)9-11-16-13-17-12-10-15-6-2-4-8-19(15)21(17)20(16)18;2*1-3-7-15-12(5-1)9-10-14-11-13-6-2-4-8-16(13)17(14)15;1-3-7-12-10(5-1)9-11-6-2-4-8-13(11)12;16*1-2/h1-12H,13H2;2*1-10H,11H2;1-8H,9H2;16*1-2H3. The molecular formula is C100H144. The fourth-order valence-electron chi connectivity index (χ4n) is 11.6. The van der Waals surface area contributed by atoms with Gasteiger partial charge in [0.25, 0.3) is 0 Å². The maximum absolute atomic E-state index is 2.30. The fourth-order valence-corrected chi connectivity index (χ4v) is 11.6. The lowest BCUT2D eigenvalue weighted by molar-refractivity contribution is 1.26. The van der Waals surface area contributed by atoms with E-state index in [-0.39, 0.29) is 0 Å². The van der Waals surface area contributed by atoms with Gasteiger partial charge >= 0.3 is 0 Å². The van der Waals surface area contributed by atoms with E-state index in [2.05, 4.69) is 243 Å². The summed E-state index contributed by atoms with van der Waals surface area (Å²) in [7, 11) is 0. The molecule has 0 heterocycles. The van der Waals surface area contributed by atoms with Crippen molar-refractivity contribution >= 4 is 43.1 Å². The van der Waals surface area contributed by atoms with Crippen molar-refractivity contribution in [2.24, 2.45) is 0 Å². The van der Waals surface area contributed by atoms with Gasteiger partial charge < -0.3 is 0 Å². The molecule has 0 bridgehead atoms. The first-order chi connectivity index (χ1) is 49.7. The lowest BCUT2D eigenvalue weighted by Gasteiger charge is -2.09. The molecule has 0 heteroatoms. The highest BCUT2D eigenvalue weighted by molar-refractivity contribution is 6.10. The zero-order valence-corrected chi connectivity index (χ0v) is 69.9. The molecule has 12 aromatic carbocycles. The summed E-state index contributed by atoms with van der Waals surface area (Å²) in [5.41, 5.74) is 23.1. The molecule has 0 unspecified atom stereocenters. The molecule has 0 N–H and O–H groups in total. The van der Waals surface area contributed by atoms with Crippen LogP contribution in [0.1, 0.15) is 266 Å². The number of benzene rings is 12. The normalized spacial score (nSPS) is 9.44. The third kappa shape index (κ3) is 26.3. The molecule has 12 aromatic rings. The summed E-state index contributed by atoms with van der Waals surface area (Å²) in [6.07, 6.45) is 4.32. The van der Waals surface area contributed by atoms with E-state index in [4.69, 9.17) is 0 Å². The van der Waals surface area contributed by atoms with Crippen LogP contribution in [0.2, 0.25) is 0 Å². The van der Waals surface area contributed by atoms with E-state index in [9.17, 15) is 0 Å². The summed E-state index contributed by atoms with van der Waals surface area (Å²) in [6, 6.07) is 87.7. The van der Waals surface area contributed by atoms with Gasteiger partial charge in [0.05, 0.1) is 0 Å². The third-order valence-corrected chi connectivity index (χ3v) is 14.7. The van der Waals surface area contributed by atoms with Crippen molar-refractivity contribution in [3.63, 3.8) is 0 Å². The zero-order valence-electron chi connectivity index (χ0n) is 69.9. The average Bonchev–Trinajstić information content (AvgIpc) is 1.58. The van der Waals surface area contributed by atoms with Crippen LogP contribution in [-0.2, 0) is 25.7 Å². The predicted octanol–water partition coefficient (Wildman–Crippen LogP) is 34.1. The Morgan fingerprint density at radius 1 is 0.130 bits per heavy atom. The Labute approximate surface area is 618 Å². The van der Waals surface area contributed by atoms with Gasteiger partial charge in [-0.15, -0.1) is 0 Å². The summed E-state index contributed by atoms with van der Waals surface area (Å²) >= 11 is 0. The number of fused-ring (bicyclic) bond motifs is 20. The largest absolute Gasteiger partial charge is 0.0683 e. The van der Waals surface area contributed by atoms with Crippen molar-refractivity contribution in [2.75, 3.05) is 0 Å². The minimum Gasteiger partial charge on any atom is -0.0683 e. The first kappa shape index (κ1) is 98.1. The molecule has 0 amide bonds. The molecule has 0 spiro atoms. The quantitative estimate of drug-likeness (QED) is 0.142. The summed E-state index contributed by atoms with van der Waals surface area (Å²) in [6.45, 7) is 64.0. The SMILES string of the molecule is CC.CC.CC.CC.CC.CC.CC.CC.CC.CC.CC.CC.CC.CC.CC.CC.c1ccc2c(c1)Cc1ccc3ccccc3c1-2.c1ccc2c(c1)Cc1ccc3ccccc3c1-2.c1ccc2c(c1)Cc1ccccc1-2.c1ccc2c3c(ccc2c1)Cc1ccc2ccccc2c1-3. The second-order valence-electron chi connectivity index (χ2n) is 18.6. The lowest BCUT2D eigenvalue weighted by atomic mass is 9.94. The van der Waals surface area contributed by atoms with Gasteiger partial charge in [0, 0.05) is 0 Å². The van der Waals surface area contributed by atoms with Crippen LogP contribution in [0.4, 0.5) is 0 Å². The Morgan fingerprint density at radius 3 is 0.540 bits per heavy atom. The van der Waals surface area contributed by atoms with Crippen LogP contribution in [-0.4, -0.2) is 0 Å². The Hall–Kier alpha value is -8.32. The van der Waals surface area contributed by atoms with Gasteiger partial charge in [-0.25, -0.2) is 0 Å². The monoisotopic (exact) mass is 1350 g/mol. The Kier molecular flexibility index (Phi) is 61.7. The molecule has 16 rings (SSSR count). The molecule has 0 saturated carbocycles.